The summed E-state index contributed by atoms with van der Waals surface area (Å²) in [6.45, 7) is 2.73. The monoisotopic (exact) mass is 213 g/mol. The SMILES string of the molecule is CC(=O)CC(=O)OC(=O)C1CCCNC1. The molecule has 84 valence electrons. The Morgan fingerprint density at radius 1 is 1.40 bits per heavy atom. The molecule has 1 aliphatic rings. The van der Waals surface area contributed by atoms with Gasteiger partial charge in [-0.15, -0.1) is 0 Å². The maximum absolute atomic E-state index is 11.4. The number of carbonyl (C=O) groups is 3. The molecular weight excluding hydrogens is 198 g/mol. The summed E-state index contributed by atoms with van der Waals surface area (Å²) >= 11 is 0. The fourth-order valence-electron chi connectivity index (χ4n) is 1.49. The molecule has 1 aliphatic heterocycles. The fourth-order valence-corrected chi connectivity index (χ4v) is 1.49. The number of piperidine rings is 1. The highest BCUT2D eigenvalue weighted by molar-refractivity contribution is 5.98. The molecule has 0 aromatic rings. The second kappa shape index (κ2) is 5.60. The molecule has 1 unspecified atom stereocenters. The molecule has 0 radical (unpaired) electrons. The Hall–Kier alpha value is -1.23. The lowest BCUT2D eigenvalue weighted by molar-refractivity contribution is -0.163. The van der Waals surface area contributed by atoms with Gasteiger partial charge in [0.1, 0.15) is 12.2 Å². The molecule has 0 aromatic heterocycles. The molecule has 0 bridgehead atoms. The first kappa shape index (κ1) is 11.8. The van der Waals surface area contributed by atoms with Gasteiger partial charge in [0.05, 0.1) is 5.92 Å². The Bertz CT molecular complexity index is 269. The maximum Gasteiger partial charge on any atom is 0.320 e. The summed E-state index contributed by atoms with van der Waals surface area (Å²) in [5.74, 6) is -1.82. The van der Waals surface area contributed by atoms with Crippen LogP contribution in [0.25, 0.3) is 0 Å². The summed E-state index contributed by atoms with van der Waals surface area (Å²) in [4.78, 5) is 33.0. The van der Waals surface area contributed by atoms with E-state index in [1.165, 1.54) is 6.92 Å². The van der Waals surface area contributed by atoms with Crippen molar-refractivity contribution >= 4 is 17.7 Å². The average Bonchev–Trinajstić information content (AvgIpc) is 2.17. The fraction of sp³-hybridized carbons (Fsp3) is 0.700. The Morgan fingerprint density at radius 2 is 2.13 bits per heavy atom. The minimum Gasteiger partial charge on any atom is -0.393 e. The Morgan fingerprint density at radius 3 is 2.67 bits per heavy atom. The van der Waals surface area contributed by atoms with Crippen molar-refractivity contribution in [2.45, 2.75) is 26.2 Å². The van der Waals surface area contributed by atoms with Crippen molar-refractivity contribution in [3.63, 3.8) is 0 Å². The van der Waals surface area contributed by atoms with Crippen molar-refractivity contribution in [1.29, 1.82) is 0 Å². The van der Waals surface area contributed by atoms with Crippen LogP contribution >= 0.6 is 0 Å². The lowest BCUT2D eigenvalue weighted by Crippen LogP contribution is -2.36. The Balaban J connectivity index is 2.33. The zero-order chi connectivity index (χ0) is 11.3. The van der Waals surface area contributed by atoms with Gasteiger partial charge in [0.15, 0.2) is 0 Å². The molecule has 5 nitrogen and oxygen atoms in total. The van der Waals surface area contributed by atoms with E-state index in [4.69, 9.17) is 0 Å². The number of hydrogen-bond donors (Lipinski definition) is 1. The number of ether oxygens (including phenoxy) is 1. The van der Waals surface area contributed by atoms with Gasteiger partial charge in [-0.25, -0.2) is 0 Å². The summed E-state index contributed by atoms with van der Waals surface area (Å²) in [5.41, 5.74) is 0. The van der Waals surface area contributed by atoms with Crippen molar-refractivity contribution in [3.05, 3.63) is 0 Å². The number of rotatable bonds is 3. The van der Waals surface area contributed by atoms with Crippen LogP contribution in [0.5, 0.6) is 0 Å². The van der Waals surface area contributed by atoms with Gasteiger partial charge in [-0.2, -0.15) is 0 Å². The molecule has 5 heteroatoms. The lowest BCUT2D eigenvalue weighted by Gasteiger charge is -2.20. The minimum absolute atomic E-state index is 0.255. The van der Waals surface area contributed by atoms with Crippen LogP contribution in [0.1, 0.15) is 26.2 Å². The highest BCUT2D eigenvalue weighted by Crippen LogP contribution is 2.11. The normalized spacial score (nSPS) is 20.7. The molecule has 0 aliphatic carbocycles. The standard InChI is InChI=1S/C10H15NO4/c1-7(12)5-9(13)15-10(14)8-3-2-4-11-6-8/h8,11H,2-6H2,1H3. The molecule has 15 heavy (non-hydrogen) atoms. The average molecular weight is 213 g/mol. The van der Waals surface area contributed by atoms with Gasteiger partial charge >= 0.3 is 11.9 Å². The topological polar surface area (TPSA) is 72.5 Å². The number of ketones is 1. The van der Waals surface area contributed by atoms with Gasteiger partial charge in [-0.05, 0) is 26.3 Å². The Kier molecular flexibility index (Phi) is 4.42. The summed E-state index contributed by atoms with van der Waals surface area (Å²) in [5, 5.41) is 3.05. The lowest BCUT2D eigenvalue weighted by atomic mass is 10.0. The van der Waals surface area contributed by atoms with Crippen LogP contribution in [-0.2, 0) is 19.1 Å². The minimum atomic E-state index is -0.752. The molecule has 0 aromatic carbocycles. The molecule has 1 rings (SSSR count). The molecule has 1 fully saturated rings. The van der Waals surface area contributed by atoms with E-state index in [2.05, 4.69) is 10.1 Å². The van der Waals surface area contributed by atoms with Crippen LogP contribution in [0.15, 0.2) is 0 Å². The second-order valence-electron chi connectivity index (χ2n) is 3.72. The predicted octanol–water partition coefficient (Wildman–Crippen LogP) is 0.0349. The van der Waals surface area contributed by atoms with Crippen LogP contribution in [0.4, 0.5) is 0 Å². The van der Waals surface area contributed by atoms with Gasteiger partial charge in [0, 0.05) is 6.54 Å². The van der Waals surface area contributed by atoms with Gasteiger partial charge in [-0.3, -0.25) is 14.4 Å². The molecule has 0 saturated carbocycles. The summed E-state index contributed by atoms with van der Waals surface area (Å²) in [6.07, 6.45) is 1.31. The third-order valence-corrected chi connectivity index (χ3v) is 2.24. The van der Waals surface area contributed by atoms with Crippen LogP contribution in [-0.4, -0.2) is 30.8 Å². The quantitative estimate of drug-likeness (QED) is 0.529. The summed E-state index contributed by atoms with van der Waals surface area (Å²) in [6, 6.07) is 0. The van der Waals surface area contributed by atoms with Gasteiger partial charge < -0.3 is 10.1 Å². The van der Waals surface area contributed by atoms with Gasteiger partial charge in [-0.1, -0.05) is 0 Å². The van der Waals surface area contributed by atoms with Gasteiger partial charge in [0.2, 0.25) is 0 Å². The van der Waals surface area contributed by atoms with E-state index in [-0.39, 0.29) is 18.1 Å². The van der Waals surface area contributed by atoms with E-state index >= 15 is 0 Å². The Labute approximate surface area is 88.2 Å². The van der Waals surface area contributed by atoms with Crippen molar-refractivity contribution in [2.24, 2.45) is 5.92 Å². The van der Waals surface area contributed by atoms with Crippen LogP contribution < -0.4 is 5.32 Å². The second-order valence-corrected chi connectivity index (χ2v) is 3.72. The highest BCUT2D eigenvalue weighted by atomic mass is 16.6. The predicted molar refractivity (Wildman–Crippen MR) is 52.0 cm³/mol. The highest BCUT2D eigenvalue weighted by Gasteiger charge is 2.24. The van der Waals surface area contributed by atoms with E-state index < -0.39 is 11.9 Å². The summed E-state index contributed by atoms with van der Waals surface area (Å²) in [7, 11) is 0. The number of Topliss-reactive ketones (excluding diaryl/α,β-unsaturated/α-hetero) is 1. The van der Waals surface area contributed by atoms with E-state index in [0.29, 0.717) is 6.54 Å². The molecular formula is C10H15NO4. The van der Waals surface area contributed by atoms with Crippen molar-refractivity contribution in [1.82, 2.24) is 5.32 Å². The molecule has 1 heterocycles. The van der Waals surface area contributed by atoms with E-state index in [1.54, 1.807) is 0 Å². The molecule has 1 atom stereocenters. The number of nitrogens with one attached hydrogen (secondary N) is 1. The smallest absolute Gasteiger partial charge is 0.320 e. The van der Waals surface area contributed by atoms with Crippen LogP contribution in [0.3, 0.4) is 0 Å². The van der Waals surface area contributed by atoms with E-state index in [9.17, 15) is 14.4 Å². The van der Waals surface area contributed by atoms with Crippen molar-refractivity contribution in [2.75, 3.05) is 13.1 Å². The van der Waals surface area contributed by atoms with E-state index in [1.807, 2.05) is 0 Å². The largest absolute Gasteiger partial charge is 0.393 e. The number of esters is 2. The van der Waals surface area contributed by atoms with Crippen LogP contribution in [0.2, 0.25) is 0 Å². The summed E-state index contributed by atoms with van der Waals surface area (Å²) < 4.78 is 4.56. The molecule has 1 saturated heterocycles. The first-order valence-electron chi connectivity index (χ1n) is 5.04. The van der Waals surface area contributed by atoms with Crippen LogP contribution in [0, 0.1) is 5.92 Å². The molecule has 1 N–H and O–H groups in total. The van der Waals surface area contributed by atoms with Crippen molar-refractivity contribution in [3.8, 4) is 0 Å². The molecule has 0 spiro atoms. The number of hydrogen-bond acceptors (Lipinski definition) is 5. The van der Waals surface area contributed by atoms with E-state index in [0.717, 1.165) is 19.4 Å². The zero-order valence-corrected chi connectivity index (χ0v) is 8.75. The molecule has 0 amide bonds. The van der Waals surface area contributed by atoms with Crippen molar-refractivity contribution < 1.29 is 19.1 Å². The number of carbonyl (C=O) groups excluding carboxylic acids is 3. The zero-order valence-electron chi connectivity index (χ0n) is 8.75. The first-order chi connectivity index (χ1) is 7.09. The third kappa shape index (κ3) is 4.20. The first-order valence-corrected chi connectivity index (χ1v) is 5.04. The van der Waals surface area contributed by atoms with Gasteiger partial charge in [0.25, 0.3) is 0 Å². The maximum atomic E-state index is 11.4. The third-order valence-electron chi connectivity index (χ3n) is 2.24.